The van der Waals surface area contributed by atoms with Crippen molar-refractivity contribution in [1.29, 1.82) is 0 Å². The van der Waals surface area contributed by atoms with Gasteiger partial charge in [-0.2, -0.15) is 26.3 Å². The van der Waals surface area contributed by atoms with Crippen LogP contribution in [0.25, 0.3) is 0 Å². The van der Waals surface area contributed by atoms with Gasteiger partial charge in [-0.25, -0.2) is 5.84 Å². The van der Waals surface area contributed by atoms with Crippen molar-refractivity contribution in [2.45, 2.75) is 31.2 Å². The molecule has 0 atom stereocenters. The van der Waals surface area contributed by atoms with Gasteiger partial charge in [-0.15, -0.1) is 0 Å². The molecule has 1 saturated carbocycles. The van der Waals surface area contributed by atoms with E-state index < -0.39 is 30.1 Å². The number of nitrogens with zero attached hydrogens (tertiary/aromatic N) is 1. The van der Waals surface area contributed by atoms with Crippen molar-refractivity contribution < 1.29 is 26.3 Å². The number of hydrogen-bond donors (Lipinski definition) is 2. The molecule has 0 bridgehead atoms. The van der Waals surface area contributed by atoms with E-state index in [9.17, 15) is 26.3 Å². The van der Waals surface area contributed by atoms with Crippen molar-refractivity contribution in [2.24, 2.45) is 16.8 Å². The van der Waals surface area contributed by atoms with Gasteiger partial charge in [0.05, 0.1) is 6.04 Å². The van der Waals surface area contributed by atoms with Crippen molar-refractivity contribution in [2.75, 3.05) is 0 Å². The first-order valence-electron chi connectivity index (χ1n) is 4.34. The fourth-order valence-corrected chi connectivity index (χ4v) is 1.09. The van der Waals surface area contributed by atoms with Gasteiger partial charge in [-0.1, -0.05) is 0 Å². The Morgan fingerprint density at radius 2 is 1.56 bits per heavy atom. The molecule has 3 nitrogen and oxygen atoms in total. The third-order valence-electron chi connectivity index (χ3n) is 1.94. The maximum atomic E-state index is 12.2. The number of nitrogens with two attached hydrogens (primary N) is 1. The molecule has 0 heterocycles. The van der Waals surface area contributed by atoms with E-state index in [1.807, 2.05) is 0 Å². The Hall–Kier alpha value is -0.990. The van der Waals surface area contributed by atoms with Gasteiger partial charge < -0.3 is 5.43 Å². The van der Waals surface area contributed by atoms with Crippen LogP contribution in [-0.2, 0) is 0 Å². The molecule has 0 aromatic heterocycles. The molecule has 0 aromatic carbocycles. The zero-order valence-electron chi connectivity index (χ0n) is 7.86. The topological polar surface area (TPSA) is 50.4 Å². The summed E-state index contributed by atoms with van der Waals surface area (Å²) in [7, 11) is 0. The monoisotopic (exact) mass is 249 g/mol. The summed E-state index contributed by atoms with van der Waals surface area (Å²) in [5.74, 6) is -0.261. The maximum Gasteiger partial charge on any atom is 0.407 e. The lowest BCUT2D eigenvalue weighted by molar-refractivity contribution is -0.261. The molecule has 94 valence electrons. The molecule has 9 heteroatoms. The smallest absolute Gasteiger partial charge is 0.311 e. The van der Waals surface area contributed by atoms with Gasteiger partial charge in [0.25, 0.3) is 0 Å². The molecule has 0 aliphatic heterocycles. The Balaban J connectivity index is 2.98. The van der Waals surface area contributed by atoms with Crippen molar-refractivity contribution in [3.05, 3.63) is 0 Å². The Bertz CT molecular complexity index is 263. The Kier molecular flexibility index (Phi) is 3.36. The first-order valence-corrected chi connectivity index (χ1v) is 4.34. The van der Waals surface area contributed by atoms with Crippen LogP contribution in [0.3, 0.4) is 0 Å². The van der Waals surface area contributed by atoms with Crippen molar-refractivity contribution >= 4 is 5.84 Å². The van der Waals surface area contributed by atoms with Crippen LogP contribution in [0, 0.1) is 5.92 Å². The normalized spacial score (nSPS) is 19.1. The van der Waals surface area contributed by atoms with Crippen LogP contribution >= 0.6 is 0 Å². The minimum atomic E-state index is -5.46. The third-order valence-corrected chi connectivity index (χ3v) is 1.94. The number of aliphatic imine (C=N–C) groups is 1. The predicted molar refractivity (Wildman–Crippen MR) is 43.4 cm³/mol. The molecule has 1 rings (SSSR count). The van der Waals surface area contributed by atoms with E-state index in [1.54, 1.807) is 0 Å². The van der Waals surface area contributed by atoms with E-state index in [0.717, 1.165) is 0 Å². The molecule has 0 radical (unpaired) electrons. The zero-order valence-corrected chi connectivity index (χ0v) is 7.86. The lowest BCUT2D eigenvalue weighted by atomic mass is 10.1. The lowest BCUT2D eigenvalue weighted by Crippen LogP contribution is -2.50. The molecule has 1 aliphatic carbocycles. The summed E-state index contributed by atoms with van der Waals surface area (Å²) in [5.41, 5.74) is 1.40. The average Bonchev–Trinajstić information content (AvgIpc) is 2.81. The second kappa shape index (κ2) is 4.11. The van der Waals surface area contributed by atoms with Crippen LogP contribution in [0.5, 0.6) is 0 Å². The van der Waals surface area contributed by atoms with Crippen LogP contribution < -0.4 is 11.3 Å². The van der Waals surface area contributed by atoms with Gasteiger partial charge in [-0.3, -0.25) is 4.99 Å². The molecule has 16 heavy (non-hydrogen) atoms. The fraction of sp³-hybridized carbons (Fsp3) is 0.857. The number of hydrogen-bond acceptors (Lipinski definition) is 2. The number of rotatable bonds is 2. The number of alkyl halides is 6. The highest BCUT2D eigenvalue weighted by atomic mass is 19.4. The molecule has 0 spiro atoms. The number of halogens is 6. The number of amidine groups is 1. The molecule has 0 amide bonds. The fourth-order valence-electron chi connectivity index (χ4n) is 1.09. The van der Waals surface area contributed by atoms with Gasteiger partial charge in [-0.05, 0) is 12.8 Å². The van der Waals surface area contributed by atoms with Gasteiger partial charge >= 0.3 is 12.4 Å². The van der Waals surface area contributed by atoms with E-state index in [2.05, 4.69) is 10.8 Å². The summed E-state index contributed by atoms with van der Waals surface area (Å²) in [6.45, 7) is 0. The predicted octanol–water partition coefficient (Wildman–Crippen LogP) is 1.75. The second-order valence-corrected chi connectivity index (χ2v) is 3.41. The quantitative estimate of drug-likeness (QED) is 0.257. The summed E-state index contributed by atoms with van der Waals surface area (Å²) < 4.78 is 73.4. The van der Waals surface area contributed by atoms with E-state index in [1.165, 1.54) is 5.43 Å². The molecule has 0 aromatic rings. The first-order chi connectivity index (χ1) is 7.16. The maximum absolute atomic E-state index is 12.2. The molecule has 1 aliphatic rings. The van der Waals surface area contributed by atoms with E-state index >= 15 is 0 Å². The minimum Gasteiger partial charge on any atom is -0.311 e. The zero-order chi connectivity index (χ0) is 12.6. The second-order valence-electron chi connectivity index (χ2n) is 3.41. The number of nitrogens with one attached hydrogen (secondary N) is 1. The molecule has 0 saturated heterocycles. The van der Waals surface area contributed by atoms with Crippen molar-refractivity contribution in [3.8, 4) is 0 Å². The lowest BCUT2D eigenvalue weighted by Gasteiger charge is -2.24. The Morgan fingerprint density at radius 3 is 1.81 bits per heavy atom. The van der Waals surface area contributed by atoms with Gasteiger partial charge in [0.2, 0.25) is 5.92 Å². The van der Waals surface area contributed by atoms with Crippen LogP contribution in [-0.4, -0.2) is 24.2 Å². The van der Waals surface area contributed by atoms with Crippen LogP contribution in [0.1, 0.15) is 12.8 Å². The van der Waals surface area contributed by atoms with Gasteiger partial charge in [0.15, 0.2) is 0 Å². The van der Waals surface area contributed by atoms with E-state index in [0.29, 0.717) is 12.8 Å². The largest absolute Gasteiger partial charge is 0.407 e. The van der Waals surface area contributed by atoms with Crippen LogP contribution in [0.4, 0.5) is 26.3 Å². The van der Waals surface area contributed by atoms with Crippen LogP contribution in [0.2, 0.25) is 0 Å². The molecular formula is C7H9F6N3. The molecular weight excluding hydrogens is 240 g/mol. The summed E-state index contributed by atoms with van der Waals surface area (Å²) in [6, 6.07) is -0.488. The average molecular weight is 249 g/mol. The summed E-state index contributed by atoms with van der Waals surface area (Å²) >= 11 is 0. The first kappa shape index (κ1) is 13.1. The Labute approximate surface area is 86.7 Å². The highest BCUT2D eigenvalue weighted by molar-refractivity contribution is 5.85. The van der Waals surface area contributed by atoms with Gasteiger partial charge in [0, 0.05) is 0 Å². The summed E-state index contributed by atoms with van der Waals surface area (Å²) in [4.78, 5) is 3.28. The summed E-state index contributed by atoms with van der Waals surface area (Å²) in [5, 5.41) is 0. The molecule has 1 fully saturated rings. The highest BCUT2D eigenvalue weighted by Crippen LogP contribution is 2.40. The van der Waals surface area contributed by atoms with Gasteiger partial charge in [0.1, 0.15) is 5.84 Å². The number of hydrazine groups is 1. The Morgan fingerprint density at radius 1 is 1.12 bits per heavy atom. The van der Waals surface area contributed by atoms with E-state index in [4.69, 9.17) is 0 Å². The van der Waals surface area contributed by atoms with Crippen molar-refractivity contribution in [1.82, 2.24) is 5.43 Å². The van der Waals surface area contributed by atoms with E-state index in [-0.39, 0.29) is 0 Å². The SMILES string of the molecule is NNC(=NC1CC1)C(C(F)(F)F)C(F)(F)F. The third kappa shape index (κ3) is 3.26. The summed E-state index contributed by atoms with van der Waals surface area (Å²) in [6.07, 6.45) is -9.96. The standard InChI is InChI=1S/C7H9F6N3/c8-6(9,10)4(7(11,12)13)5(16-14)15-3-1-2-3/h3-4H,1-2,14H2,(H,15,16). The van der Waals surface area contributed by atoms with Crippen LogP contribution in [0.15, 0.2) is 4.99 Å². The minimum absolute atomic E-state index is 0.480. The molecule has 3 N–H and O–H groups in total. The highest BCUT2D eigenvalue weighted by Gasteiger charge is 2.59. The molecule has 0 unspecified atom stereocenters. The van der Waals surface area contributed by atoms with Crippen molar-refractivity contribution in [3.63, 3.8) is 0 Å².